The van der Waals surface area contributed by atoms with Gasteiger partial charge in [0.15, 0.2) is 0 Å². The quantitative estimate of drug-likeness (QED) is 0.687. The van der Waals surface area contributed by atoms with E-state index in [4.69, 9.17) is 9.26 Å². The zero-order chi connectivity index (χ0) is 22.7. The van der Waals surface area contributed by atoms with Gasteiger partial charge in [-0.1, -0.05) is 17.3 Å². The molecule has 0 saturated carbocycles. The second kappa shape index (κ2) is 9.73. The lowest BCUT2D eigenvalue weighted by molar-refractivity contribution is -0.135. The lowest BCUT2D eigenvalue weighted by atomic mass is 10.1. The standard InChI is InChI=1S/C24H32N4O4/c1-17-21(19(3)32-25-17)16-31-22-9-5-4-8-20(22)24(30)28-14-12-26(13-15-28)18(2)23(29)27-10-6-7-11-27/h4-5,8-9,18H,6-7,10-16H2,1-3H3/t18-/m1/s1. The molecule has 0 spiro atoms. The Hall–Kier alpha value is -2.87. The highest BCUT2D eigenvalue weighted by molar-refractivity contribution is 5.97. The molecule has 2 aliphatic heterocycles. The number of aryl methyl sites for hydroxylation is 2. The van der Waals surface area contributed by atoms with E-state index in [0.29, 0.717) is 44.1 Å². The summed E-state index contributed by atoms with van der Waals surface area (Å²) in [6.07, 6.45) is 2.19. The Morgan fingerprint density at radius 1 is 1.03 bits per heavy atom. The number of hydrogen-bond acceptors (Lipinski definition) is 6. The number of para-hydroxylation sites is 1. The number of piperazine rings is 1. The lowest BCUT2D eigenvalue weighted by Gasteiger charge is -2.38. The van der Waals surface area contributed by atoms with Crippen LogP contribution in [0.3, 0.4) is 0 Å². The molecular formula is C24H32N4O4. The van der Waals surface area contributed by atoms with Gasteiger partial charge in [-0.3, -0.25) is 14.5 Å². The maximum absolute atomic E-state index is 13.3. The van der Waals surface area contributed by atoms with E-state index in [9.17, 15) is 9.59 Å². The van der Waals surface area contributed by atoms with Crippen LogP contribution in [0.25, 0.3) is 0 Å². The normalized spacial score (nSPS) is 18.1. The van der Waals surface area contributed by atoms with Crippen LogP contribution in [0.15, 0.2) is 28.8 Å². The third-order valence-electron chi connectivity index (χ3n) is 6.60. The summed E-state index contributed by atoms with van der Waals surface area (Å²) < 4.78 is 11.2. The van der Waals surface area contributed by atoms with Crippen LogP contribution in [-0.2, 0) is 11.4 Å². The van der Waals surface area contributed by atoms with Crippen molar-refractivity contribution in [2.75, 3.05) is 39.3 Å². The minimum absolute atomic E-state index is 0.0439. The molecule has 0 unspecified atom stereocenters. The van der Waals surface area contributed by atoms with Crippen molar-refractivity contribution in [3.63, 3.8) is 0 Å². The molecule has 8 heteroatoms. The minimum atomic E-state index is -0.143. The van der Waals surface area contributed by atoms with Gasteiger partial charge in [-0.25, -0.2) is 0 Å². The fourth-order valence-electron chi connectivity index (χ4n) is 4.47. The maximum atomic E-state index is 13.3. The van der Waals surface area contributed by atoms with Crippen molar-refractivity contribution in [3.8, 4) is 5.75 Å². The second-order valence-corrected chi connectivity index (χ2v) is 8.62. The summed E-state index contributed by atoms with van der Waals surface area (Å²) in [6.45, 7) is 10.3. The van der Waals surface area contributed by atoms with Gasteiger partial charge in [-0.2, -0.15) is 0 Å². The number of benzene rings is 1. The van der Waals surface area contributed by atoms with Crippen LogP contribution in [-0.4, -0.2) is 77.0 Å². The largest absolute Gasteiger partial charge is 0.488 e. The van der Waals surface area contributed by atoms with E-state index in [2.05, 4.69) is 10.1 Å². The van der Waals surface area contributed by atoms with E-state index in [1.807, 2.05) is 48.8 Å². The first-order valence-corrected chi connectivity index (χ1v) is 11.4. The number of rotatable bonds is 6. The highest BCUT2D eigenvalue weighted by atomic mass is 16.5. The fourth-order valence-corrected chi connectivity index (χ4v) is 4.47. The van der Waals surface area contributed by atoms with E-state index in [1.54, 1.807) is 6.07 Å². The SMILES string of the molecule is Cc1noc(C)c1COc1ccccc1C(=O)N1CCN([C@H](C)C(=O)N2CCCC2)CC1. The highest BCUT2D eigenvalue weighted by Crippen LogP contribution is 2.24. The van der Waals surface area contributed by atoms with Gasteiger partial charge in [0.25, 0.3) is 5.91 Å². The van der Waals surface area contributed by atoms with E-state index in [0.717, 1.165) is 42.9 Å². The number of aromatic nitrogens is 1. The van der Waals surface area contributed by atoms with Crippen molar-refractivity contribution < 1.29 is 18.8 Å². The van der Waals surface area contributed by atoms with Crippen molar-refractivity contribution >= 4 is 11.8 Å². The van der Waals surface area contributed by atoms with Crippen molar-refractivity contribution in [2.24, 2.45) is 0 Å². The third kappa shape index (κ3) is 4.65. The van der Waals surface area contributed by atoms with Gasteiger partial charge in [-0.15, -0.1) is 0 Å². The van der Waals surface area contributed by atoms with Gasteiger partial charge in [0.05, 0.1) is 22.9 Å². The van der Waals surface area contributed by atoms with Gasteiger partial charge in [-0.05, 0) is 45.7 Å². The van der Waals surface area contributed by atoms with Gasteiger partial charge in [0.2, 0.25) is 5.91 Å². The van der Waals surface area contributed by atoms with Crippen LogP contribution in [0.2, 0.25) is 0 Å². The number of amides is 2. The topological polar surface area (TPSA) is 79.1 Å². The first-order chi connectivity index (χ1) is 15.5. The van der Waals surface area contributed by atoms with E-state index in [1.165, 1.54) is 0 Å². The van der Waals surface area contributed by atoms with E-state index >= 15 is 0 Å². The summed E-state index contributed by atoms with van der Waals surface area (Å²) in [7, 11) is 0. The zero-order valence-corrected chi connectivity index (χ0v) is 19.2. The first-order valence-electron chi connectivity index (χ1n) is 11.4. The van der Waals surface area contributed by atoms with E-state index in [-0.39, 0.29) is 17.9 Å². The molecule has 0 radical (unpaired) electrons. The van der Waals surface area contributed by atoms with Gasteiger partial charge < -0.3 is 19.1 Å². The summed E-state index contributed by atoms with van der Waals surface area (Å²) in [4.78, 5) is 32.0. The Morgan fingerprint density at radius 2 is 1.72 bits per heavy atom. The molecule has 32 heavy (non-hydrogen) atoms. The van der Waals surface area contributed by atoms with Gasteiger partial charge >= 0.3 is 0 Å². The van der Waals surface area contributed by atoms with E-state index < -0.39 is 0 Å². The predicted octanol–water partition coefficient (Wildman–Crippen LogP) is 2.64. The molecule has 8 nitrogen and oxygen atoms in total. The fraction of sp³-hybridized carbons (Fsp3) is 0.542. The Labute approximate surface area is 189 Å². The molecule has 2 amide bonds. The molecule has 2 aromatic rings. The molecule has 1 atom stereocenters. The zero-order valence-electron chi connectivity index (χ0n) is 19.2. The maximum Gasteiger partial charge on any atom is 0.257 e. The second-order valence-electron chi connectivity index (χ2n) is 8.62. The molecule has 3 heterocycles. The molecular weight excluding hydrogens is 408 g/mol. The Balaban J connectivity index is 1.36. The average Bonchev–Trinajstić information content (AvgIpc) is 3.47. The third-order valence-corrected chi connectivity index (χ3v) is 6.60. The van der Waals surface area contributed by atoms with Crippen LogP contribution in [0.5, 0.6) is 5.75 Å². The lowest BCUT2D eigenvalue weighted by Crippen LogP contribution is -2.55. The smallest absolute Gasteiger partial charge is 0.257 e. The molecule has 0 N–H and O–H groups in total. The molecule has 2 aliphatic rings. The van der Waals surface area contributed by atoms with Crippen LogP contribution in [0.4, 0.5) is 0 Å². The summed E-state index contributed by atoms with van der Waals surface area (Å²) >= 11 is 0. The first kappa shape index (κ1) is 22.3. The van der Waals surface area contributed by atoms with Crippen molar-refractivity contribution in [3.05, 3.63) is 46.8 Å². The van der Waals surface area contributed by atoms with Crippen molar-refractivity contribution in [1.82, 2.24) is 19.9 Å². The summed E-state index contributed by atoms with van der Waals surface area (Å²) in [5, 5.41) is 3.96. The Bertz CT molecular complexity index is 939. The van der Waals surface area contributed by atoms with Crippen LogP contribution >= 0.6 is 0 Å². The molecule has 0 aliphatic carbocycles. The molecule has 1 aromatic heterocycles. The Kier molecular flexibility index (Phi) is 6.79. The van der Waals surface area contributed by atoms with Crippen LogP contribution in [0.1, 0.15) is 47.1 Å². The van der Waals surface area contributed by atoms with Crippen molar-refractivity contribution in [1.29, 1.82) is 0 Å². The predicted molar refractivity (Wildman–Crippen MR) is 120 cm³/mol. The molecule has 172 valence electrons. The van der Waals surface area contributed by atoms with Crippen LogP contribution in [0, 0.1) is 13.8 Å². The van der Waals surface area contributed by atoms with Gasteiger partial charge in [0, 0.05) is 39.3 Å². The molecule has 2 saturated heterocycles. The molecule has 4 rings (SSSR count). The number of carbonyl (C=O) groups is 2. The number of nitrogens with zero attached hydrogens (tertiary/aromatic N) is 4. The summed E-state index contributed by atoms with van der Waals surface area (Å²) in [5.41, 5.74) is 2.24. The number of carbonyl (C=O) groups excluding carboxylic acids is 2. The molecule has 0 bridgehead atoms. The molecule has 1 aromatic carbocycles. The summed E-state index contributed by atoms with van der Waals surface area (Å²) in [6, 6.07) is 7.19. The van der Waals surface area contributed by atoms with Crippen LogP contribution < -0.4 is 4.74 Å². The number of likely N-dealkylation sites (tertiary alicyclic amines) is 1. The minimum Gasteiger partial charge on any atom is -0.488 e. The number of hydrogen-bond donors (Lipinski definition) is 0. The monoisotopic (exact) mass is 440 g/mol. The Morgan fingerprint density at radius 3 is 2.38 bits per heavy atom. The molecule has 2 fully saturated rings. The number of ether oxygens (including phenoxy) is 1. The average molecular weight is 441 g/mol. The van der Waals surface area contributed by atoms with Crippen molar-refractivity contribution in [2.45, 2.75) is 46.3 Å². The summed E-state index contributed by atoms with van der Waals surface area (Å²) in [5.74, 6) is 1.44. The van der Waals surface area contributed by atoms with Gasteiger partial charge in [0.1, 0.15) is 18.1 Å². The highest BCUT2D eigenvalue weighted by Gasteiger charge is 2.31.